The normalized spacial score (nSPS) is 19.0. The van der Waals surface area contributed by atoms with Crippen molar-refractivity contribution in [2.75, 3.05) is 56.4 Å². The molecule has 0 aliphatic carbocycles. The van der Waals surface area contributed by atoms with Crippen LogP contribution in [0.15, 0.2) is 56.4 Å². The molecule has 12 heteroatoms. The van der Waals surface area contributed by atoms with Crippen molar-refractivity contribution in [2.45, 2.75) is 31.8 Å². The van der Waals surface area contributed by atoms with Crippen molar-refractivity contribution in [1.82, 2.24) is 21.3 Å². The van der Waals surface area contributed by atoms with Gasteiger partial charge in [-0.25, -0.2) is 0 Å². The number of amidine groups is 3. The maximum Gasteiger partial charge on any atom is 0.224 e. The Bertz CT molecular complexity index is 1440. The molecule has 2 amide bonds. The Kier molecular flexibility index (Phi) is 8.50. The van der Waals surface area contributed by atoms with E-state index < -0.39 is 0 Å². The van der Waals surface area contributed by atoms with Gasteiger partial charge < -0.3 is 26.6 Å². The summed E-state index contributed by atoms with van der Waals surface area (Å²) in [4.78, 5) is 43.7. The van der Waals surface area contributed by atoms with E-state index in [0.29, 0.717) is 37.1 Å². The third-order valence-corrected chi connectivity index (χ3v) is 7.33. The average molecular weight is 569 g/mol. The number of anilines is 2. The van der Waals surface area contributed by atoms with Crippen LogP contribution in [0.1, 0.15) is 54.1 Å². The molecule has 0 aromatic heterocycles. The van der Waals surface area contributed by atoms with Crippen LogP contribution in [0.2, 0.25) is 0 Å². The lowest BCUT2D eigenvalue weighted by atomic mass is 10.1. The van der Waals surface area contributed by atoms with Gasteiger partial charge in [-0.15, -0.1) is 0 Å². The van der Waals surface area contributed by atoms with Gasteiger partial charge >= 0.3 is 0 Å². The van der Waals surface area contributed by atoms with Gasteiger partial charge in [0.25, 0.3) is 0 Å². The van der Waals surface area contributed by atoms with Crippen LogP contribution >= 0.6 is 0 Å². The molecule has 6 N–H and O–H groups in total. The van der Waals surface area contributed by atoms with Gasteiger partial charge in [0.2, 0.25) is 11.8 Å². The van der Waals surface area contributed by atoms with Crippen molar-refractivity contribution >= 4 is 46.9 Å². The molecule has 0 spiro atoms. The molecule has 0 fully saturated rings. The van der Waals surface area contributed by atoms with Crippen molar-refractivity contribution in [2.24, 2.45) is 20.0 Å². The highest BCUT2D eigenvalue weighted by Crippen LogP contribution is 2.24. The highest BCUT2D eigenvalue weighted by atomic mass is 16.2. The second-order valence-corrected chi connectivity index (χ2v) is 10.6. The van der Waals surface area contributed by atoms with Gasteiger partial charge in [-0.05, 0) is 54.8 Å². The lowest BCUT2D eigenvalue weighted by molar-refractivity contribution is -0.118. The highest BCUT2D eigenvalue weighted by molar-refractivity contribution is 6.07. The number of benzene rings is 2. The zero-order chi connectivity index (χ0) is 28.7. The number of rotatable bonds is 11. The molecule has 0 saturated heterocycles. The summed E-state index contributed by atoms with van der Waals surface area (Å²) < 4.78 is 0. The monoisotopic (exact) mass is 568 g/mol. The zero-order valence-electron chi connectivity index (χ0n) is 23.5. The maximum absolute atomic E-state index is 12.8. The molecule has 12 nitrogen and oxygen atoms in total. The van der Waals surface area contributed by atoms with E-state index in [1.807, 2.05) is 36.5 Å². The highest BCUT2D eigenvalue weighted by Gasteiger charge is 2.18. The fourth-order valence-corrected chi connectivity index (χ4v) is 5.36. The number of hydrogen-bond acceptors (Lipinski definition) is 10. The minimum atomic E-state index is -0.136. The molecule has 1 atom stereocenters. The van der Waals surface area contributed by atoms with E-state index in [1.54, 1.807) is 0 Å². The minimum Gasteiger partial charge on any atom is -0.368 e. The number of nitrogens with one attached hydrogen (secondary N) is 6. The first-order chi connectivity index (χ1) is 20.6. The van der Waals surface area contributed by atoms with Gasteiger partial charge in [0, 0.05) is 73.3 Å². The van der Waals surface area contributed by atoms with E-state index in [-0.39, 0.29) is 18.0 Å². The molecule has 6 rings (SSSR count). The fraction of sp³-hybridized carbons (Fsp3) is 0.400. The summed E-state index contributed by atoms with van der Waals surface area (Å²) in [6, 6.07) is 11.8. The summed E-state index contributed by atoms with van der Waals surface area (Å²) in [5.74, 6) is 2.31. The quantitative estimate of drug-likeness (QED) is 0.226. The van der Waals surface area contributed by atoms with Crippen LogP contribution in [-0.4, -0.2) is 81.3 Å². The zero-order valence-corrected chi connectivity index (χ0v) is 23.5. The first-order valence-corrected chi connectivity index (χ1v) is 14.6. The van der Waals surface area contributed by atoms with Crippen LogP contribution in [-0.2, 0) is 9.59 Å². The van der Waals surface area contributed by atoms with Crippen LogP contribution in [0.25, 0.3) is 0 Å². The predicted octanol–water partition coefficient (Wildman–Crippen LogP) is 1.55. The average Bonchev–Trinajstić information content (AvgIpc) is 3.83. The molecule has 0 radical (unpaired) electrons. The number of unbranched alkanes of at least 4 members (excludes halogenated alkanes) is 1. The van der Waals surface area contributed by atoms with Gasteiger partial charge in [-0.2, -0.15) is 0 Å². The summed E-state index contributed by atoms with van der Waals surface area (Å²) in [6.45, 7) is 5.34. The number of hydrogen-bond donors (Lipinski definition) is 6. The lowest BCUT2D eigenvalue weighted by Gasteiger charge is -2.15. The van der Waals surface area contributed by atoms with Crippen molar-refractivity contribution < 1.29 is 9.59 Å². The van der Waals surface area contributed by atoms with E-state index in [9.17, 15) is 9.59 Å². The predicted molar refractivity (Wildman–Crippen MR) is 166 cm³/mol. The second-order valence-electron chi connectivity index (χ2n) is 10.6. The fourth-order valence-electron chi connectivity index (χ4n) is 5.36. The van der Waals surface area contributed by atoms with Gasteiger partial charge in [0.1, 0.15) is 23.7 Å². The minimum absolute atomic E-state index is 0.0882. The third kappa shape index (κ3) is 6.82. The number of aliphatic imine (C=N–C) groups is 4. The Morgan fingerprint density at radius 1 is 0.690 bits per heavy atom. The van der Waals surface area contributed by atoms with Crippen molar-refractivity contribution in [3.05, 3.63) is 58.7 Å². The van der Waals surface area contributed by atoms with E-state index >= 15 is 0 Å². The molecule has 42 heavy (non-hydrogen) atoms. The number of carbonyl (C=O) groups excluding carboxylic acids is 2. The van der Waals surface area contributed by atoms with Gasteiger partial charge in [-0.1, -0.05) is 0 Å². The van der Waals surface area contributed by atoms with E-state index in [4.69, 9.17) is 0 Å². The molecular formula is C30H36N10O2. The Morgan fingerprint density at radius 3 is 1.64 bits per heavy atom. The molecule has 4 heterocycles. The van der Waals surface area contributed by atoms with Crippen molar-refractivity contribution in [3.63, 3.8) is 0 Å². The molecule has 2 aromatic carbocycles. The lowest BCUT2D eigenvalue weighted by Crippen LogP contribution is -2.23. The topological polar surface area (TPSA) is 156 Å². The summed E-state index contributed by atoms with van der Waals surface area (Å²) in [5.41, 5.74) is 5.17. The van der Waals surface area contributed by atoms with Crippen molar-refractivity contribution in [3.8, 4) is 0 Å². The Morgan fingerprint density at radius 2 is 1.19 bits per heavy atom. The van der Waals surface area contributed by atoms with Crippen molar-refractivity contribution in [1.29, 1.82) is 0 Å². The van der Waals surface area contributed by atoms with Crippen LogP contribution < -0.4 is 31.9 Å². The van der Waals surface area contributed by atoms with E-state index in [1.165, 1.54) is 0 Å². The molecule has 2 aromatic rings. The Balaban J connectivity index is 1.02. The SMILES string of the molecule is O=C(CCCCC(=O)Nc1cc(C2=NCCN2)cc([C@H]2N=CCN2)c1)Nc1cc(C2=NCCN2)cc(C2=NCCN2)c1. The molecule has 4 aliphatic heterocycles. The summed E-state index contributed by atoms with van der Waals surface area (Å²) >= 11 is 0. The van der Waals surface area contributed by atoms with Crippen LogP contribution in [0.5, 0.6) is 0 Å². The smallest absolute Gasteiger partial charge is 0.224 e. The second kappa shape index (κ2) is 12.9. The standard InChI is InChI=1S/C30H36N10O2/c41-25(39-23-15-19(27-31-5-6-32-27)13-20(16-23)28-33-7-8-34-28)3-1-2-4-26(42)40-24-17-21(29-35-9-10-36-29)14-22(18-24)30-37-11-12-38-30/h5,13-18,27,32H,1-4,6-12H2,(H,33,34)(H,35,36)(H,37,38)(H,39,41)(H,40,42)/t27-/m0/s1. The van der Waals surface area contributed by atoms with E-state index in [2.05, 4.69) is 57.9 Å². The van der Waals surface area contributed by atoms with Gasteiger partial charge in [-0.3, -0.25) is 34.9 Å². The molecule has 0 saturated carbocycles. The molecule has 218 valence electrons. The maximum atomic E-state index is 12.8. The number of nitrogens with zero attached hydrogens (tertiary/aromatic N) is 4. The first kappa shape index (κ1) is 27.6. The number of carbonyl (C=O) groups is 2. The first-order valence-electron chi connectivity index (χ1n) is 14.6. The third-order valence-electron chi connectivity index (χ3n) is 7.33. The summed E-state index contributed by atoms with van der Waals surface area (Å²) in [6.07, 6.45) is 3.56. The van der Waals surface area contributed by atoms with Crippen LogP contribution in [0, 0.1) is 0 Å². The Labute approximate surface area is 244 Å². The van der Waals surface area contributed by atoms with Crippen LogP contribution in [0.3, 0.4) is 0 Å². The largest absolute Gasteiger partial charge is 0.368 e. The molecular weight excluding hydrogens is 532 g/mol. The van der Waals surface area contributed by atoms with E-state index in [0.717, 1.165) is 85.6 Å². The van der Waals surface area contributed by atoms with Gasteiger partial charge in [0.15, 0.2) is 0 Å². The molecule has 0 bridgehead atoms. The Hall–Kier alpha value is -4.58. The number of amides is 2. The van der Waals surface area contributed by atoms with Crippen LogP contribution in [0.4, 0.5) is 11.4 Å². The molecule has 0 unspecified atom stereocenters. The summed E-state index contributed by atoms with van der Waals surface area (Å²) in [5, 5.41) is 19.3. The summed E-state index contributed by atoms with van der Waals surface area (Å²) in [7, 11) is 0. The van der Waals surface area contributed by atoms with Gasteiger partial charge in [0.05, 0.1) is 19.6 Å². The molecule has 4 aliphatic rings.